The first-order valence-corrected chi connectivity index (χ1v) is 12.3. The van der Waals surface area contributed by atoms with E-state index in [9.17, 15) is 0 Å². The molecule has 2 fully saturated rings. The molecule has 2 aliphatic heterocycles. The van der Waals surface area contributed by atoms with Crippen LogP contribution in [0.2, 0.25) is 0 Å². The number of aromatic nitrogens is 2. The molecule has 0 amide bonds. The molecule has 0 spiro atoms. The Kier molecular flexibility index (Phi) is 6.21. The van der Waals surface area contributed by atoms with Crippen LogP contribution in [0.15, 0.2) is 29.6 Å². The second-order valence-corrected chi connectivity index (χ2v) is 9.84. The monoisotopic (exact) mass is 437 g/mol. The average molecular weight is 438 g/mol. The highest BCUT2D eigenvalue weighted by Crippen LogP contribution is 2.39. The summed E-state index contributed by atoms with van der Waals surface area (Å²) in [7, 11) is 1.74. The lowest BCUT2D eigenvalue weighted by atomic mass is 9.91. The van der Waals surface area contributed by atoms with Gasteiger partial charge >= 0.3 is 0 Å². The molecule has 2 saturated heterocycles. The third-order valence-corrected chi connectivity index (χ3v) is 7.72. The lowest BCUT2D eigenvalue weighted by Gasteiger charge is -2.39. The molecule has 0 aliphatic carbocycles. The molecule has 3 aromatic rings. The molecule has 0 bridgehead atoms. The first kappa shape index (κ1) is 20.9. The number of benzene rings is 1. The van der Waals surface area contributed by atoms with E-state index < -0.39 is 0 Å². The fraction of sp³-hybridized carbons (Fsp3) is 0.520. The third kappa shape index (κ3) is 4.34. The number of rotatable bonds is 5. The molecular weight excluding hydrogens is 406 g/mol. The van der Waals surface area contributed by atoms with E-state index in [2.05, 4.69) is 51.7 Å². The fourth-order valence-electron chi connectivity index (χ4n) is 5.27. The average Bonchev–Trinajstić information content (AvgIpc) is 3.28. The standard InChI is InChI=1S/C25H31N3O2S/c1-17-14-19(15-18-4-3-10-28(16-18)20-7-11-30-12-8-20)26-27-24(17)22-5-6-23-21(9-13-31-23)25(22)29-2/h5-6,9,13-14,18,20H,3-4,7-8,10-12,15-16H2,1-2H3/t18-/m0/s1. The number of fused-ring (bicyclic) bond motifs is 1. The smallest absolute Gasteiger partial charge is 0.137 e. The van der Waals surface area contributed by atoms with Crippen LogP contribution in [-0.2, 0) is 11.2 Å². The number of hydrogen-bond donors (Lipinski definition) is 0. The molecule has 31 heavy (non-hydrogen) atoms. The first-order chi connectivity index (χ1) is 15.2. The van der Waals surface area contributed by atoms with Crippen molar-refractivity contribution in [2.75, 3.05) is 33.4 Å². The quantitative estimate of drug-likeness (QED) is 0.555. The largest absolute Gasteiger partial charge is 0.495 e. The molecule has 5 nitrogen and oxygen atoms in total. The number of aryl methyl sites for hydroxylation is 1. The molecule has 0 unspecified atom stereocenters. The summed E-state index contributed by atoms with van der Waals surface area (Å²) in [4.78, 5) is 2.70. The first-order valence-electron chi connectivity index (χ1n) is 11.4. The van der Waals surface area contributed by atoms with Crippen molar-refractivity contribution < 1.29 is 9.47 Å². The SMILES string of the molecule is COc1c(-c2nnc(C[C@@H]3CCCN(C4CCOCC4)C3)cc2C)ccc2sccc12. The Morgan fingerprint density at radius 3 is 2.84 bits per heavy atom. The molecular formula is C25H31N3O2S. The van der Waals surface area contributed by atoms with Crippen LogP contribution in [0.5, 0.6) is 5.75 Å². The van der Waals surface area contributed by atoms with Gasteiger partial charge in [-0.25, -0.2) is 0 Å². The van der Waals surface area contributed by atoms with Crippen LogP contribution in [0.4, 0.5) is 0 Å². The molecule has 5 rings (SSSR count). The maximum atomic E-state index is 5.77. The van der Waals surface area contributed by atoms with Crippen molar-refractivity contribution in [3.05, 3.63) is 40.9 Å². The molecule has 1 atom stereocenters. The van der Waals surface area contributed by atoms with Gasteiger partial charge in [0.1, 0.15) is 5.75 Å². The normalized spacial score (nSPS) is 20.9. The third-order valence-electron chi connectivity index (χ3n) is 6.84. The Morgan fingerprint density at radius 2 is 2.03 bits per heavy atom. The highest BCUT2D eigenvalue weighted by Gasteiger charge is 2.27. The number of likely N-dealkylation sites (tertiary alicyclic amines) is 1. The summed E-state index contributed by atoms with van der Waals surface area (Å²) >= 11 is 1.73. The molecule has 0 radical (unpaired) electrons. The summed E-state index contributed by atoms with van der Waals surface area (Å²) in [6.45, 7) is 6.38. The molecule has 4 heterocycles. The Bertz CT molecular complexity index is 1040. The Hall–Kier alpha value is -2.02. The van der Waals surface area contributed by atoms with Gasteiger partial charge in [-0.05, 0) is 86.7 Å². The van der Waals surface area contributed by atoms with Crippen LogP contribution in [0.3, 0.4) is 0 Å². The van der Waals surface area contributed by atoms with Crippen molar-refractivity contribution in [2.45, 2.75) is 45.1 Å². The predicted octanol–water partition coefficient (Wildman–Crippen LogP) is 5.11. The van der Waals surface area contributed by atoms with E-state index in [-0.39, 0.29) is 0 Å². The maximum absolute atomic E-state index is 5.77. The summed E-state index contributed by atoms with van der Waals surface area (Å²) < 4.78 is 12.6. The Balaban J connectivity index is 1.33. The van der Waals surface area contributed by atoms with Gasteiger partial charge in [0.2, 0.25) is 0 Å². The lowest BCUT2D eigenvalue weighted by Crippen LogP contribution is -2.45. The summed E-state index contributed by atoms with van der Waals surface area (Å²) in [5.41, 5.74) is 4.21. The highest BCUT2D eigenvalue weighted by atomic mass is 32.1. The van der Waals surface area contributed by atoms with E-state index in [0.717, 1.165) is 53.3 Å². The summed E-state index contributed by atoms with van der Waals surface area (Å²) in [5, 5.41) is 12.6. The number of piperidine rings is 1. The van der Waals surface area contributed by atoms with E-state index in [4.69, 9.17) is 9.47 Å². The number of ether oxygens (including phenoxy) is 2. The van der Waals surface area contributed by atoms with Crippen molar-refractivity contribution >= 4 is 21.4 Å². The van der Waals surface area contributed by atoms with Crippen molar-refractivity contribution in [3.63, 3.8) is 0 Å². The van der Waals surface area contributed by atoms with Gasteiger partial charge < -0.3 is 9.47 Å². The molecule has 164 valence electrons. The summed E-state index contributed by atoms with van der Waals surface area (Å²) in [5.74, 6) is 1.55. The zero-order chi connectivity index (χ0) is 21.2. The van der Waals surface area contributed by atoms with Crippen LogP contribution in [0.25, 0.3) is 21.3 Å². The number of nitrogens with zero attached hydrogens (tertiary/aromatic N) is 3. The van der Waals surface area contributed by atoms with Gasteiger partial charge in [-0.1, -0.05) is 0 Å². The Morgan fingerprint density at radius 1 is 1.16 bits per heavy atom. The van der Waals surface area contributed by atoms with Gasteiger partial charge in [-0.3, -0.25) is 4.90 Å². The second kappa shape index (κ2) is 9.23. The van der Waals surface area contributed by atoms with Gasteiger partial charge in [0, 0.05) is 41.4 Å². The molecule has 0 saturated carbocycles. The van der Waals surface area contributed by atoms with Crippen molar-refractivity contribution in [3.8, 4) is 17.0 Å². The van der Waals surface area contributed by atoms with Gasteiger partial charge in [0.05, 0.1) is 18.5 Å². The van der Waals surface area contributed by atoms with E-state index in [0.29, 0.717) is 12.0 Å². The van der Waals surface area contributed by atoms with Gasteiger partial charge in [-0.2, -0.15) is 5.10 Å². The molecule has 6 heteroatoms. The zero-order valence-corrected chi connectivity index (χ0v) is 19.3. The lowest BCUT2D eigenvalue weighted by molar-refractivity contribution is 0.0177. The number of methoxy groups -OCH3 is 1. The van der Waals surface area contributed by atoms with E-state index in [1.807, 2.05) is 0 Å². The topological polar surface area (TPSA) is 47.5 Å². The molecule has 0 N–H and O–H groups in total. The summed E-state index contributed by atoms with van der Waals surface area (Å²) in [6, 6.07) is 9.31. The van der Waals surface area contributed by atoms with E-state index in [1.165, 1.54) is 43.5 Å². The van der Waals surface area contributed by atoms with Crippen LogP contribution in [0, 0.1) is 12.8 Å². The van der Waals surface area contributed by atoms with Crippen molar-refractivity contribution in [1.82, 2.24) is 15.1 Å². The van der Waals surface area contributed by atoms with Crippen molar-refractivity contribution in [2.24, 2.45) is 5.92 Å². The highest BCUT2D eigenvalue weighted by molar-refractivity contribution is 7.17. The minimum atomic E-state index is 0.660. The van der Waals surface area contributed by atoms with Crippen LogP contribution < -0.4 is 4.74 Å². The van der Waals surface area contributed by atoms with Crippen LogP contribution in [0.1, 0.15) is 36.9 Å². The summed E-state index contributed by atoms with van der Waals surface area (Å²) in [6.07, 6.45) is 5.93. The van der Waals surface area contributed by atoms with Gasteiger partial charge in [-0.15, -0.1) is 16.4 Å². The molecule has 1 aromatic carbocycles. The predicted molar refractivity (Wildman–Crippen MR) is 126 cm³/mol. The van der Waals surface area contributed by atoms with Crippen LogP contribution in [-0.4, -0.2) is 54.6 Å². The second-order valence-electron chi connectivity index (χ2n) is 8.90. The zero-order valence-electron chi connectivity index (χ0n) is 18.5. The number of thiophene rings is 1. The van der Waals surface area contributed by atoms with Crippen LogP contribution >= 0.6 is 11.3 Å². The van der Waals surface area contributed by atoms with E-state index in [1.54, 1.807) is 18.4 Å². The van der Waals surface area contributed by atoms with Gasteiger partial charge in [0.15, 0.2) is 0 Å². The van der Waals surface area contributed by atoms with Gasteiger partial charge in [0.25, 0.3) is 0 Å². The Labute approximate surface area is 188 Å². The maximum Gasteiger partial charge on any atom is 0.137 e. The minimum Gasteiger partial charge on any atom is -0.495 e. The molecule has 2 aromatic heterocycles. The van der Waals surface area contributed by atoms with Crippen molar-refractivity contribution in [1.29, 1.82) is 0 Å². The fourth-order valence-corrected chi connectivity index (χ4v) is 6.06. The number of hydrogen-bond acceptors (Lipinski definition) is 6. The minimum absolute atomic E-state index is 0.660. The van der Waals surface area contributed by atoms with E-state index >= 15 is 0 Å². The molecule has 2 aliphatic rings.